The van der Waals surface area contributed by atoms with E-state index < -0.39 is 9.71 Å². The molecule has 1 N–H and O–H groups in total. The number of hydrogen-bond donors (Lipinski definition) is 1. The molecule has 0 radical (unpaired) electrons. The number of ether oxygens (including phenoxy) is 2. The zero-order valence-electron chi connectivity index (χ0n) is 25.9. The Balaban J connectivity index is 1.30. The average molecular weight is 637 g/mol. The molecule has 1 unspecified atom stereocenters. The zero-order chi connectivity index (χ0) is 30.6. The van der Waals surface area contributed by atoms with E-state index in [9.17, 15) is 9.00 Å². The summed E-state index contributed by atoms with van der Waals surface area (Å²) in [6.07, 6.45) is 12.7. The van der Waals surface area contributed by atoms with E-state index in [0.717, 1.165) is 80.9 Å². The maximum atomic E-state index is 14.1. The Morgan fingerprint density at radius 1 is 1.14 bits per heavy atom. The molecule has 0 aromatic heterocycles. The minimum atomic E-state index is -2.88. The fourth-order valence-corrected chi connectivity index (χ4v) is 11.1. The van der Waals surface area contributed by atoms with Crippen LogP contribution in [0.3, 0.4) is 0 Å². The first-order valence-corrected chi connectivity index (χ1v) is 18.5. The molecule has 236 valence electrons. The first-order valence-electron chi connectivity index (χ1n) is 16.4. The van der Waals surface area contributed by atoms with E-state index in [0.29, 0.717) is 29.9 Å². The van der Waals surface area contributed by atoms with Gasteiger partial charge in [0.2, 0.25) is 0 Å². The van der Waals surface area contributed by atoms with E-state index in [2.05, 4.69) is 46.7 Å². The summed E-state index contributed by atoms with van der Waals surface area (Å²) in [5, 5.41) is 0.609. The molecule has 2 aromatic rings. The minimum Gasteiger partial charge on any atom is -0.490 e. The van der Waals surface area contributed by atoms with Gasteiger partial charge >= 0.3 is 0 Å². The van der Waals surface area contributed by atoms with Crippen molar-refractivity contribution in [2.75, 3.05) is 31.7 Å². The second kappa shape index (κ2) is 11.7. The van der Waals surface area contributed by atoms with Gasteiger partial charge in [0, 0.05) is 36.2 Å². The molecule has 2 bridgehead atoms. The number of carbonyl (C=O) groups excluding carboxylic acids is 1. The van der Waals surface area contributed by atoms with Crippen molar-refractivity contribution in [1.29, 1.82) is 0 Å². The number of anilines is 1. The molecule has 6 nitrogen and oxygen atoms in total. The third kappa shape index (κ3) is 5.58. The van der Waals surface area contributed by atoms with E-state index in [1.807, 2.05) is 31.4 Å². The van der Waals surface area contributed by atoms with Crippen molar-refractivity contribution in [1.82, 2.24) is 4.72 Å². The fourth-order valence-electron chi connectivity index (χ4n) is 8.61. The number of halogens is 1. The predicted molar refractivity (Wildman–Crippen MR) is 179 cm³/mol. The number of benzene rings is 2. The Hall–Kier alpha value is -2.48. The van der Waals surface area contributed by atoms with Crippen molar-refractivity contribution >= 4 is 38.8 Å². The summed E-state index contributed by atoms with van der Waals surface area (Å²) in [5.74, 6) is 5.95. The third-order valence-corrected chi connectivity index (χ3v) is 13.6. The van der Waals surface area contributed by atoms with Crippen LogP contribution in [0.4, 0.5) is 5.69 Å². The van der Waals surface area contributed by atoms with Crippen LogP contribution in [0.25, 0.3) is 0 Å². The second-order valence-corrected chi connectivity index (χ2v) is 16.7. The van der Waals surface area contributed by atoms with Crippen LogP contribution in [0.5, 0.6) is 5.75 Å². The molecule has 44 heavy (non-hydrogen) atoms. The van der Waals surface area contributed by atoms with Crippen LogP contribution in [0, 0.1) is 23.7 Å². The molecule has 2 fully saturated rings. The van der Waals surface area contributed by atoms with Crippen molar-refractivity contribution in [3.05, 3.63) is 70.3 Å². The standard InChI is InChI=1S/C36H45ClN2O4S/c1-23-6-4-8-32(42-2)29-14-11-27(29)20-39-21-36(17-5-7-25-18-28(37)13-15-30(25)36)22-43-33-16-12-26(19-31(33)39)35(40)38-44(3,41)34(23)24-9-10-24/h4,8,12-13,15-16,18-19,23-24,27,29,32,34H,3,5-7,9-11,14,17,20-22H2,1-2H3,(H,38,40,41)/b8-4+/t23-,27-,29+,32-,34+,36-,44?/m0/s1. The number of nitrogens with one attached hydrogen (secondary N) is 1. The van der Waals surface area contributed by atoms with Gasteiger partial charge in [0.1, 0.15) is 5.75 Å². The van der Waals surface area contributed by atoms with Crippen LogP contribution >= 0.6 is 11.6 Å². The van der Waals surface area contributed by atoms with E-state index >= 15 is 0 Å². The topological polar surface area (TPSA) is 67.9 Å². The number of hydrogen-bond acceptors (Lipinski definition) is 5. The minimum absolute atomic E-state index is 0.0394. The lowest BCUT2D eigenvalue weighted by Crippen LogP contribution is -2.49. The van der Waals surface area contributed by atoms with Crippen molar-refractivity contribution in [2.24, 2.45) is 23.7 Å². The number of aryl methyl sites for hydroxylation is 1. The Morgan fingerprint density at radius 2 is 1.95 bits per heavy atom. The highest BCUT2D eigenvalue weighted by molar-refractivity contribution is 7.99. The molecule has 2 heterocycles. The van der Waals surface area contributed by atoms with Gasteiger partial charge in [-0.05, 0) is 122 Å². The van der Waals surface area contributed by atoms with Crippen LogP contribution in [0.15, 0.2) is 48.6 Å². The molecule has 7 rings (SSSR count). The van der Waals surface area contributed by atoms with Crippen LogP contribution in [0.2, 0.25) is 5.02 Å². The maximum absolute atomic E-state index is 14.1. The molecule has 3 aliphatic carbocycles. The number of amides is 1. The Bertz CT molecular complexity index is 1570. The summed E-state index contributed by atoms with van der Waals surface area (Å²) in [4.78, 5) is 16.2. The number of fused-ring (bicyclic) bond motifs is 4. The summed E-state index contributed by atoms with van der Waals surface area (Å²) in [6, 6.07) is 12.0. The first-order chi connectivity index (χ1) is 21.2. The molecule has 1 spiro atoms. The number of allylic oxidation sites excluding steroid dienone is 1. The fraction of sp³-hybridized carbons (Fsp3) is 0.556. The molecule has 8 heteroatoms. The monoisotopic (exact) mass is 636 g/mol. The van der Waals surface area contributed by atoms with Crippen LogP contribution in [-0.4, -0.2) is 54.1 Å². The summed E-state index contributed by atoms with van der Waals surface area (Å²) < 4.78 is 29.8. The number of methoxy groups -OCH3 is 1. The van der Waals surface area contributed by atoms with Gasteiger partial charge in [-0.25, -0.2) is 4.21 Å². The van der Waals surface area contributed by atoms with Gasteiger partial charge in [-0.1, -0.05) is 36.7 Å². The third-order valence-electron chi connectivity index (χ3n) is 11.1. The van der Waals surface area contributed by atoms with Crippen LogP contribution in [0.1, 0.15) is 73.4 Å². The van der Waals surface area contributed by atoms with Gasteiger partial charge in [0.05, 0.1) is 33.4 Å². The molecule has 7 atom stereocenters. The molecular formula is C36H45ClN2O4S. The molecule has 2 saturated carbocycles. The Morgan fingerprint density at radius 3 is 2.70 bits per heavy atom. The van der Waals surface area contributed by atoms with E-state index in [-0.39, 0.29) is 28.6 Å². The van der Waals surface area contributed by atoms with E-state index in [1.165, 1.54) is 11.1 Å². The maximum Gasteiger partial charge on any atom is 0.262 e. The number of carbonyl (C=O) groups is 1. The molecule has 5 aliphatic rings. The van der Waals surface area contributed by atoms with Gasteiger partial charge in [0.25, 0.3) is 5.91 Å². The quantitative estimate of drug-likeness (QED) is 0.298. The molecular weight excluding hydrogens is 592 g/mol. The van der Waals surface area contributed by atoms with Crippen molar-refractivity contribution in [3.63, 3.8) is 0 Å². The Labute approximate surface area is 267 Å². The largest absolute Gasteiger partial charge is 0.490 e. The number of rotatable bonds is 2. The molecule has 2 aromatic carbocycles. The molecule has 0 saturated heterocycles. The van der Waals surface area contributed by atoms with Gasteiger partial charge in [-0.15, -0.1) is 0 Å². The summed E-state index contributed by atoms with van der Waals surface area (Å²) in [7, 11) is -1.07. The van der Waals surface area contributed by atoms with Gasteiger partial charge in [-0.2, -0.15) is 0 Å². The van der Waals surface area contributed by atoms with Crippen molar-refractivity contribution < 1.29 is 18.5 Å². The normalized spacial score (nSPS) is 36.2. The lowest BCUT2D eigenvalue weighted by atomic mass is 9.68. The van der Waals surface area contributed by atoms with Crippen molar-refractivity contribution in [3.8, 4) is 5.75 Å². The highest BCUT2D eigenvalue weighted by Gasteiger charge is 2.45. The van der Waals surface area contributed by atoms with Crippen LogP contribution in [-0.2, 0) is 26.3 Å². The Kier molecular flexibility index (Phi) is 8.03. The SMILES string of the molecule is C=S1(=O)NC(=O)c2ccc3c(c2)N(C[C@@H]2CC[C@H]2[C@@H](OC)/C=C/C[C@H](C)[C@@H]1C1CC1)C[C@@]1(CCCc2cc(Cl)ccc21)CO3. The van der Waals surface area contributed by atoms with E-state index in [1.54, 1.807) is 0 Å². The van der Waals surface area contributed by atoms with Gasteiger partial charge in [-0.3, -0.25) is 9.52 Å². The summed E-state index contributed by atoms with van der Waals surface area (Å²) >= 11 is 6.44. The molecule has 1 amide bonds. The summed E-state index contributed by atoms with van der Waals surface area (Å²) in [5.41, 5.74) is 3.87. The first kappa shape index (κ1) is 30.2. The number of nitrogens with zero attached hydrogens (tertiary/aromatic N) is 1. The highest BCUT2D eigenvalue weighted by atomic mass is 35.5. The second-order valence-electron chi connectivity index (χ2n) is 14.1. The van der Waals surface area contributed by atoms with Crippen LogP contribution < -0.4 is 14.4 Å². The zero-order valence-corrected chi connectivity index (χ0v) is 27.5. The van der Waals surface area contributed by atoms with Gasteiger partial charge < -0.3 is 14.4 Å². The lowest BCUT2D eigenvalue weighted by Gasteiger charge is -2.46. The smallest absolute Gasteiger partial charge is 0.262 e. The molecule has 2 aliphatic heterocycles. The van der Waals surface area contributed by atoms with Crippen molar-refractivity contribution in [2.45, 2.75) is 75.1 Å². The average Bonchev–Trinajstić information content (AvgIpc) is 3.82. The highest BCUT2D eigenvalue weighted by Crippen LogP contribution is 2.47. The predicted octanol–water partition coefficient (Wildman–Crippen LogP) is 6.59. The summed E-state index contributed by atoms with van der Waals surface area (Å²) in [6.45, 7) is 4.37. The lowest BCUT2D eigenvalue weighted by molar-refractivity contribution is 0.0131. The van der Waals surface area contributed by atoms with E-state index in [4.69, 9.17) is 21.1 Å². The van der Waals surface area contributed by atoms with Gasteiger partial charge in [0.15, 0.2) is 0 Å².